The molecule has 0 spiro atoms. The van der Waals surface area contributed by atoms with Crippen LogP contribution >= 0.6 is 0 Å². The number of H-pyrrole nitrogens is 1. The Morgan fingerprint density at radius 2 is 1.71 bits per heavy atom. The second kappa shape index (κ2) is 6.32. The van der Waals surface area contributed by atoms with Crippen molar-refractivity contribution in [3.8, 4) is 0 Å². The summed E-state index contributed by atoms with van der Waals surface area (Å²) in [7, 11) is 0. The number of aromatic amines is 1. The van der Waals surface area contributed by atoms with Gasteiger partial charge in [0, 0.05) is 22.5 Å². The largest absolute Gasteiger partial charge is 0.416 e. The molecule has 1 aromatic heterocycles. The Morgan fingerprint density at radius 3 is 2.33 bits per heavy atom. The summed E-state index contributed by atoms with van der Waals surface area (Å²) in [6.45, 7) is 2.44. The lowest BCUT2D eigenvalue weighted by molar-refractivity contribution is -0.137. The molecule has 0 saturated carbocycles. The average molecular weight is 332 g/mol. The van der Waals surface area contributed by atoms with Crippen LogP contribution < -0.4 is 5.73 Å². The minimum absolute atomic E-state index is 0.0536. The summed E-state index contributed by atoms with van der Waals surface area (Å²) < 4.78 is 38.0. The standard InChI is InChI=1S/C19H19F3N2/c1-12-18(16-4-2-3-5-17(16)24-12)14(11-23)10-13-6-8-15(9-7-13)19(20,21)22/h2-9,14,24H,10-11,23H2,1H3. The van der Waals surface area contributed by atoms with Crippen LogP contribution in [0.5, 0.6) is 0 Å². The van der Waals surface area contributed by atoms with Crippen molar-refractivity contribution in [1.29, 1.82) is 0 Å². The number of aromatic nitrogens is 1. The smallest absolute Gasteiger partial charge is 0.358 e. The van der Waals surface area contributed by atoms with E-state index in [1.54, 1.807) is 0 Å². The number of alkyl halides is 3. The van der Waals surface area contributed by atoms with Crippen LogP contribution in [-0.4, -0.2) is 11.5 Å². The van der Waals surface area contributed by atoms with Crippen molar-refractivity contribution >= 4 is 10.9 Å². The van der Waals surface area contributed by atoms with E-state index in [0.717, 1.165) is 39.9 Å². The maximum absolute atomic E-state index is 12.7. The van der Waals surface area contributed by atoms with Crippen LogP contribution in [0.2, 0.25) is 0 Å². The molecule has 2 aromatic carbocycles. The summed E-state index contributed by atoms with van der Waals surface area (Å²) in [6.07, 6.45) is -3.70. The highest BCUT2D eigenvalue weighted by Gasteiger charge is 2.30. The quantitative estimate of drug-likeness (QED) is 0.709. The van der Waals surface area contributed by atoms with Crippen molar-refractivity contribution in [2.24, 2.45) is 5.73 Å². The van der Waals surface area contributed by atoms with E-state index in [-0.39, 0.29) is 5.92 Å². The van der Waals surface area contributed by atoms with Gasteiger partial charge in [0.15, 0.2) is 0 Å². The van der Waals surface area contributed by atoms with E-state index in [4.69, 9.17) is 5.73 Å². The van der Waals surface area contributed by atoms with Crippen LogP contribution in [-0.2, 0) is 12.6 Å². The number of aryl methyl sites for hydroxylation is 1. The summed E-state index contributed by atoms with van der Waals surface area (Å²) in [5, 5.41) is 1.12. The van der Waals surface area contributed by atoms with E-state index in [2.05, 4.69) is 4.98 Å². The Balaban J connectivity index is 1.90. The first kappa shape index (κ1) is 16.6. The van der Waals surface area contributed by atoms with Crippen molar-refractivity contribution in [2.75, 3.05) is 6.54 Å². The van der Waals surface area contributed by atoms with Gasteiger partial charge in [-0.1, -0.05) is 30.3 Å². The summed E-state index contributed by atoms with van der Waals surface area (Å²) in [6, 6.07) is 13.3. The zero-order chi connectivity index (χ0) is 17.3. The van der Waals surface area contributed by atoms with Gasteiger partial charge in [-0.2, -0.15) is 13.2 Å². The Bertz CT molecular complexity index is 832. The normalized spacial score (nSPS) is 13.4. The van der Waals surface area contributed by atoms with E-state index >= 15 is 0 Å². The Kier molecular flexibility index (Phi) is 4.37. The molecule has 0 bridgehead atoms. The molecular formula is C19H19F3N2. The third-order valence-electron chi connectivity index (χ3n) is 4.40. The summed E-state index contributed by atoms with van der Waals surface area (Å²) in [5.74, 6) is 0.0536. The fraction of sp³-hybridized carbons (Fsp3) is 0.263. The topological polar surface area (TPSA) is 41.8 Å². The van der Waals surface area contributed by atoms with E-state index in [1.807, 2.05) is 31.2 Å². The molecule has 126 valence electrons. The highest BCUT2D eigenvalue weighted by Crippen LogP contribution is 2.32. The number of hydrogen-bond acceptors (Lipinski definition) is 1. The molecule has 2 nitrogen and oxygen atoms in total. The highest BCUT2D eigenvalue weighted by molar-refractivity contribution is 5.85. The number of hydrogen-bond donors (Lipinski definition) is 2. The summed E-state index contributed by atoms with van der Waals surface area (Å²) >= 11 is 0. The molecule has 5 heteroatoms. The van der Waals surface area contributed by atoms with E-state index in [1.165, 1.54) is 12.1 Å². The van der Waals surface area contributed by atoms with Gasteiger partial charge in [0.1, 0.15) is 0 Å². The minimum Gasteiger partial charge on any atom is -0.358 e. The van der Waals surface area contributed by atoms with Crippen LogP contribution in [0.1, 0.15) is 28.3 Å². The predicted octanol–water partition coefficient (Wildman–Crippen LogP) is 4.78. The number of halogens is 3. The van der Waals surface area contributed by atoms with Crippen LogP contribution in [0.3, 0.4) is 0 Å². The molecule has 1 heterocycles. The molecular weight excluding hydrogens is 313 g/mol. The number of fused-ring (bicyclic) bond motifs is 1. The maximum Gasteiger partial charge on any atom is 0.416 e. The zero-order valence-corrected chi connectivity index (χ0v) is 13.3. The fourth-order valence-electron chi connectivity index (χ4n) is 3.24. The van der Waals surface area contributed by atoms with Crippen molar-refractivity contribution < 1.29 is 13.2 Å². The van der Waals surface area contributed by atoms with Gasteiger partial charge in [0.05, 0.1) is 5.56 Å². The van der Waals surface area contributed by atoms with Gasteiger partial charge in [0.2, 0.25) is 0 Å². The first-order valence-electron chi connectivity index (χ1n) is 7.83. The van der Waals surface area contributed by atoms with Crippen molar-refractivity contribution in [1.82, 2.24) is 4.98 Å². The van der Waals surface area contributed by atoms with Gasteiger partial charge in [0.25, 0.3) is 0 Å². The minimum atomic E-state index is -4.31. The van der Waals surface area contributed by atoms with Crippen LogP contribution in [0.15, 0.2) is 48.5 Å². The highest BCUT2D eigenvalue weighted by atomic mass is 19.4. The first-order valence-corrected chi connectivity index (χ1v) is 7.83. The molecule has 1 unspecified atom stereocenters. The lowest BCUT2D eigenvalue weighted by Crippen LogP contribution is -2.16. The molecule has 0 aliphatic heterocycles. The lowest BCUT2D eigenvalue weighted by atomic mass is 9.90. The Labute approximate surface area is 138 Å². The van der Waals surface area contributed by atoms with Gasteiger partial charge >= 0.3 is 6.18 Å². The van der Waals surface area contributed by atoms with E-state index < -0.39 is 11.7 Å². The second-order valence-corrected chi connectivity index (χ2v) is 6.04. The molecule has 3 N–H and O–H groups in total. The lowest BCUT2D eigenvalue weighted by Gasteiger charge is -2.16. The molecule has 1 atom stereocenters. The van der Waals surface area contributed by atoms with Crippen molar-refractivity contribution in [3.63, 3.8) is 0 Å². The van der Waals surface area contributed by atoms with Gasteiger partial charge in [-0.15, -0.1) is 0 Å². The number of nitrogens with two attached hydrogens (primary N) is 1. The van der Waals surface area contributed by atoms with Crippen LogP contribution in [0, 0.1) is 6.92 Å². The van der Waals surface area contributed by atoms with Gasteiger partial charge < -0.3 is 10.7 Å². The number of para-hydroxylation sites is 1. The van der Waals surface area contributed by atoms with Crippen molar-refractivity contribution in [2.45, 2.75) is 25.4 Å². The van der Waals surface area contributed by atoms with E-state index in [0.29, 0.717) is 13.0 Å². The molecule has 0 fully saturated rings. The van der Waals surface area contributed by atoms with Crippen LogP contribution in [0.25, 0.3) is 10.9 Å². The molecule has 0 aliphatic rings. The zero-order valence-electron chi connectivity index (χ0n) is 13.3. The molecule has 0 saturated heterocycles. The first-order chi connectivity index (χ1) is 11.4. The average Bonchev–Trinajstić information content (AvgIpc) is 2.88. The maximum atomic E-state index is 12.7. The SMILES string of the molecule is Cc1[nH]c2ccccc2c1C(CN)Cc1ccc(C(F)(F)F)cc1. The summed E-state index contributed by atoms with van der Waals surface area (Å²) in [4.78, 5) is 3.35. The van der Waals surface area contributed by atoms with E-state index in [9.17, 15) is 13.2 Å². The fourth-order valence-corrected chi connectivity index (χ4v) is 3.24. The third-order valence-corrected chi connectivity index (χ3v) is 4.40. The Morgan fingerprint density at radius 1 is 1.04 bits per heavy atom. The molecule has 0 amide bonds. The number of benzene rings is 2. The number of nitrogens with one attached hydrogen (secondary N) is 1. The van der Waals surface area contributed by atoms with Gasteiger partial charge in [-0.25, -0.2) is 0 Å². The molecule has 3 rings (SSSR count). The molecule has 3 aromatic rings. The predicted molar refractivity (Wildman–Crippen MR) is 90.0 cm³/mol. The summed E-state index contributed by atoms with van der Waals surface area (Å²) in [5.41, 5.74) is 9.45. The molecule has 0 radical (unpaired) electrons. The van der Waals surface area contributed by atoms with Crippen LogP contribution in [0.4, 0.5) is 13.2 Å². The van der Waals surface area contributed by atoms with Gasteiger partial charge in [-0.05, 0) is 49.2 Å². The second-order valence-electron chi connectivity index (χ2n) is 6.04. The molecule has 0 aliphatic carbocycles. The van der Waals surface area contributed by atoms with Crippen molar-refractivity contribution in [3.05, 3.63) is 70.9 Å². The molecule has 24 heavy (non-hydrogen) atoms. The third kappa shape index (κ3) is 3.17. The monoisotopic (exact) mass is 332 g/mol. The number of rotatable bonds is 4. The Hall–Kier alpha value is -2.27. The van der Waals surface area contributed by atoms with Gasteiger partial charge in [-0.3, -0.25) is 0 Å².